The molecule has 0 atom stereocenters. The molecule has 0 bridgehead atoms. The van der Waals surface area contributed by atoms with Crippen molar-refractivity contribution in [3.63, 3.8) is 0 Å². The number of hydrogen-bond donors (Lipinski definition) is 0. The van der Waals surface area contributed by atoms with Gasteiger partial charge in [-0.3, -0.25) is 0 Å². The highest BCUT2D eigenvalue weighted by Gasteiger charge is 2.40. The SMILES string of the molecule is CC1(C)c2cccc(-c3ncc4c5ccccc5c5ccccc5c4n3)c2-c2ccc3c(oc4ccccc43)c21. The van der Waals surface area contributed by atoms with E-state index in [0.717, 1.165) is 49.6 Å². The molecule has 2 heterocycles. The second-order valence-corrected chi connectivity index (χ2v) is 11.4. The minimum Gasteiger partial charge on any atom is -0.456 e. The molecule has 0 amide bonds. The highest BCUT2D eigenvalue weighted by molar-refractivity contribution is 6.24. The summed E-state index contributed by atoms with van der Waals surface area (Å²) in [5.41, 5.74) is 8.64. The highest BCUT2D eigenvalue weighted by atomic mass is 16.3. The van der Waals surface area contributed by atoms with Gasteiger partial charge in [-0.15, -0.1) is 0 Å². The maximum absolute atomic E-state index is 6.52. The van der Waals surface area contributed by atoms with E-state index in [4.69, 9.17) is 14.4 Å². The molecule has 0 unspecified atom stereocenters. The monoisotopic (exact) mass is 512 g/mol. The molecular formula is C37H24N2O. The van der Waals surface area contributed by atoms with Gasteiger partial charge in [0.2, 0.25) is 0 Å². The Bertz CT molecular complexity index is 2320. The summed E-state index contributed by atoms with van der Waals surface area (Å²) in [5, 5.41) is 8.17. The van der Waals surface area contributed by atoms with Crippen LogP contribution in [0, 0.1) is 0 Å². The summed E-state index contributed by atoms with van der Waals surface area (Å²) in [7, 11) is 0. The number of fused-ring (bicyclic) bond motifs is 13. The Kier molecular flexibility index (Phi) is 4.13. The van der Waals surface area contributed by atoms with Crippen LogP contribution in [0.5, 0.6) is 0 Å². The van der Waals surface area contributed by atoms with Gasteiger partial charge in [-0.25, -0.2) is 9.97 Å². The van der Waals surface area contributed by atoms with Gasteiger partial charge in [0.05, 0.1) is 5.52 Å². The zero-order valence-corrected chi connectivity index (χ0v) is 22.2. The minimum atomic E-state index is -0.228. The van der Waals surface area contributed by atoms with E-state index >= 15 is 0 Å². The van der Waals surface area contributed by atoms with E-state index in [0.29, 0.717) is 0 Å². The summed E-state index contributed by atoms with van der Waals surface area (Å²) in [6.07, 6.45) is 2.01. The molecule has 3 heteroatoms. The molecular weight excluding hydrogens is 488 g/mol. The molecule has 8 aromatic rings. The van der Waals surface area contributed by atoms with E-state index in [1.165, 1.54) is 38.4 Å². The van der Waals surface area contributed by atoms with Crippen LogP contribution in [-0.2, 0) is 5.41 Å². The standard InChI is InChI=1S/C37H24N2O/c1-37(2)30-16-9-15-28(32(30)27-19-18-26-24-13-7-8-17-31(24)40-35(26)33(27)37)36-38-20-29-23-12-4-3-10-21(23)22-11-5-6-14-25(22)34(29)39-36/h3-20H,1-2H3. The number of aromatic nitrogens is 2. The predicted molar refractivity (Wildman–Crippen MR) is 165 cm³/mol. The Morgan fingerprint density at radius 3 is 2.05 bits per heavy atom. The molecule has 0 spiro atoms. The molecule has 1 aliphatic carbocycles. The van der Waals surface area contributed by atoms with E-state index in [9.17, 15) is 0 Å². The van der Waals surface area contributed by atoms with Gasteiger partial charge < -0.3 is 4.42 Å². The van der Waals surface area contributed by atoms with Crippen LogP contribution in [0.4, 0.5) is 0 Å². The Balaban J connectivity index is 1.35. The molecule has 1 aliphatic rings. The number of nitrogens with zero attached hydrogens (tertiary/aromatic N) is 2. The summed E-state index contributed by atoms with van der Waals surface area (Å²) >= 11 is 0. The zero-order chi connectivity index (χ0) is 26.6. The molecule has 0 fully saturated rings. The maximum atomic E-state index is 6.52. The van der Waals surface area contributed by atoms with Crippen molar-refractivity contribution in [3.05, 3.63) is 120 Å². The summed E-state index contributed by atoms with van der Waals surface area (Å²) in [6, 6.07) is 36.4. The van der Waals surface area contributed by atoms with Crippen molar-refractivity contribution < 1.29 is 4.42 Å². The van der Waals surface area contributed by atoms with Gasteiger partial charge in [-0.1, -0.05) is 105 Å². The first kappa shape index (κ1) is 21.9. The number of para-hydroxylation sites is 1. The summed E-state index contributed by atoms with van der Waals surface area (Å²) in [6.45, 7) is 4.60. The third kappa shape index (κ3) is 2.69. The molecule has 2 aromatic heterocycles. The normalized spacial score (nSPS) is 13.9. The van der Waals surface area contributed by atoms with Gasteiger partial charge in [0, 0.05) is 44.3 Å². The van der Waals surface area contributed by atoms with Gasteiger partial charge in [0.15, 0.2) is 5.82 Å². The minimum absolute atomic E-state index is 0.228. The van der Waals surface area contributed by atoms with Crippen molar-refractivity contribution in [2.75, 3.05) is 0 Å². The lowest BCUT2D eigenvalue weighted by molar-refractivity contribution is 0.620. The molecule has 188 valence electrons. The average molecular weight is 513 g/mol. The summed E-state index contributed by atoms with van der Waals surface area (Å²) in [5.74, 6) is 0.748. The number of hydrogen-bond acceptors (Lipinski definition) is 3. The fourth-order valence-corrected chi connectivity index (χ4v) is 7.09. The maximum Gasteiger partial charge on any atom is 0.160 e. The van der Waals surface area contributed by atoms with E-state index in [-0.39, 0.29) is 5.41 Å². The van der Waals surface area contributed by atoms with Crippen LogP contribution in [0.2, 0.25) is 0 Å². The van der Waals surface area contributed by atoms with Crippen LogP contribution in [0.15, 0.2) is 114 Å². The molecule has 0 saturated heterocycles. The lowest BCUT2D eigenvalue weighted by Crippen LogP contribution is -2.15. The van der Waals surface area contributed by atoms with Crippen molar-refractivity contribution >= 4 is 54.4 Å². The molecule has 0 saturated carbocycles. The van der Waals surface area contributed by atoms with E-state index in [1.54, 1.807) is 0 Å². The Morgan fingerprint density at radius 1 is 0.575 bits per heavy atom. The van der Waals surface area contributed by atoms with Gasteiger partial charge >= 0.3 is 0 Å². The van der Waals surface area contributed by atoms with E-state index in [1.807, 2.05) is 12.3 Å². The second-order valence-electron chi connectivity index (χ2n) is 11.4. The van der Waals surface area contributed by atoms with E-state index < -0.39 is 0 Å². The smallest absolute Gasteiger partial charge is 0.160 e. The molecule has 0 aliphatic heterocycles. The third-order valence-corrected chi connectivity index (χ3v) is 8.90. The third-order valence-electron chi connectivity index (χ3n) is 8.90. The first-order valence-corrected chi connectivity index (χ1v) is 13.8. The topological polar surface area (TPSA) is 38.9 Å². The van der Waals surface area contributed by atoms with Crippen molar-refractivity contribution in [3.8, 4) is 22.5 Å². The molecule has 40 heavy (non-hydrogen) atoms. The lowest BCUT2D eigenvalue weighted by atomic mass is 9.81. The predicted octanol–water partition coefficient (Wildman–Crippen LogP) is 9.81. The van der Waals surface area contributed by atoms with Gasteiger partial charge in [0.25, 0.3) is 0 Å². The first-order chi connectivity index (χ1) is 19.6. The lowest BCUT2D eigenvalue weighted by Gasteiger charge is -2.21. The van der Waals surface area contributed by atoms with Crippen molar-refractivity contribution in [1.82, 2.24) is 9.97 Å². The summed E-state index contributed by atoms with van der Waals surface area (Å²) in [4.78, 5) is 10.3. The largest absolute Gasteiger partial charge is 0.456 e. The van der Waals surface area contributed by atoms with Crippen molar-refractivity contribution in [2.45, 2.75) is 19.3 Å². The highest BCUT2D eigenvalue weighted by Crippen LogP contribution is 2.55. The number of furan rings is 1. The average Bonchev–Trinajstić information content (AvgIpc) is 3.49. The van der Waals surface area contributed by atoms with Crippen LogP contribution in [0.1, 0.15) is 25.0 Å². The van der Waals surface area contributed by atoms with Crippen LogP contribution >= 0.6 is 0 Å². The second kappa shape index (κ2) is 7.55. The quantitative estimate of drug-likeness (QED) is 0.205. The Morgan fingerprint density at radius 2 is 1.25 bits per heavy atom. The van der Waals surface area contributed by atoms with Crippen molar-refractivity contribution in [2.24, 2.45) is 0 Å². The van der Waals surface area contributed by atoms with Crippen LogP contribution < -0.4 is 0 Å². The summed E-state index contributed by atoms with van der Waals surface area (Å²) < 4.78 is 6.52. The fourth-order valence-electron chi connectivity index (χ4n) is 7.09. The fraction of sp³-hybridized carbons (Fsp3) is 0.0811. The van der Waals surface area contributed by atoms with Gasteiger partial charge in [-0.2, -0.15) is 0 Å². The Labute approximate surface area is 230 Å². The number of benzene rings is 6. The van der Waals surface area contributed by atoms with Crippen LogP contribution in [-0.4, -0.2) is 9.97 Å². The first-order valence-electron chi connectivity index (χ1n) is 13.8. The molecule has 3 nitrogen and oxygen atoms in total. The van der Waals surface area contributed by atoms with Gasteiger partial charge in [0.1, 0.15) is 11.2 Å². The van der Waals surface area contributed by atoms with Gasteiger partial charge in [-0.05, 0) is 45.0 Å². The van der Waals surface area contributed by atoms with E-state index in [2.05, 4.69) is 111 Å². The van der Waals surface area contributed by atoms with Crippen LogP contribution in [0.25, 0.3) is 76.9 Å². The zero-order valence-electron chi connectivity index (χ0n) is 22.2. The molecule has 6 aromatic carbocycles. The Hall–Kier alpha value is -5.02. The molecule has 0 N–H and O–H groups in total. The van der Waals surface area contributed by atoms with Crippen molar-refractivity contribution in [1.29, 1.82) is 0 Å². The van der Waals surface area contributed by atoms with Crippen LogP contribution in [0.3, 0.4) is 0 Å². The molecule has 0 radical (unpaired) electrons. The molecule has 9 rings (SSSR count). The number of rotatable bonds is 1.